The zero-order chi connectivity index (χ0) is 19.1. The van der Waals surface area contributed by atoms with Crippen molar-refractivity contribution in [1.29, 1.82) is 0 Å². The molecule has 2 aliphatic heterocycles. The van der Waals surface area contributed by atoms with Crippen molar-refractivity contribution in [2.75, 3.05) is 12.0 Å². The van der Waals surface area contributed by atoms with Gasteiger partial charge in [-0.1, -0.05) is 29.8 Å². The number of thioether (sulfide) groups is 1. The van der Waals surface area contributed by atoms with E-state index < -0.39 is 11.3 Å². The van der Waals surface area contributed by atoms with Crippen molar-refractivity contribution in [2.45, 2.75) is 18.2 Å². The number of imide groups is 1. The number of hydrogen-bond donors (Lipinski definition) is 1. The molecule has 1 N–H and O–H groups in total. The molecule has 2 aromatic rings. The first-order valence-corrected chi connectivity index (χ1v) is 9.53. The van der Waals surface area contributed by atoms with Crippen molar-refractivity contribution in [3.05, 3.63) is 58.9 Å². The fourth-order valence-corrected chi connectivity index (χ4v) is 4.86. The van der Waals surface area contributed by atoms with Gasteiger partial charge in [-0.05, 0) is 19.1 Å². The topological polar surface area (TPSA) is 71.5 Å². The van der Waals surface area contributed by atoms with E-state index in [-0.39, 0.29) is 11.9 Å². The average molecular weight is 402 g/mol. The van der Waals surface area contributed by atoms with E-state index in [2.05, 4.69) is 10.3 Å². The van der Waals surface area contributed by atoms with E-state index in [0.29, 0.717) is 16.5 Å². The molecule has 1 fully saturated rings. The standard InChI is InChI=1S/C19H16ClN3O3S/c1-10-8-21-9-14(16(10)26-2)23-18(24)17-13(22-19(23)25)7-15(27-17)11-5-3-4-6-12(11)20/h3-9,13,17H,1-2H3,(H,22,25). The SMILES string of the molecule is COc1c(C)cncc1N1C(=O)NC2C=C(c3ccccc3Cl)SC2C1=O. The summed E-state index contributed by atoms with van der Waals surface area (Å²) >= 11 is 7.68. The number of methoxy groups -OCH3 is 1. The number of nitrogens with zero attached hydrogens (tertiary/aromatic N) is 2. The van der Waals surface area contributed by atoms with Gasteiger partial charge in [-0.25, -0.2) is 9.69 Å². The van der Waals surface area contributed by atoms with Crippen LogP contribution in [0.15, 0.2) is 42.7 Å². The van der Waals surface area contributed by atoms with Crippen LogP contribution in [0.4, 0.5) is 10.5 Å². The Bertz CT molecular complexity index is 978. The van der Waals surface area contributed by atoms with Gasteiger partial charge in [0, 0.05) is 27.3 Å². The van der Waals surface area contributed by atoms with Crippen molar-refractivity contribution in [2.24, 2.45) is 0 Å². The minimum absolute atomic E-state index is 0.308. The number of ether oxygens (including phenoxy) is 1. The summed E-state index contributed by atoms with van der Waals surface area (Å²) in [5, 5.41) is 3.02. The van der Waals surface area contributed by atoms with E-state index in [1.165, 1.54) is 25.1 Å². The van der Waals surface area contributed by atoms with Gasteiger partial charge in [0.1, 0.15) is 16.7 Å². The van der Waals surface area contributed by atoms with Crippen LogP contribution in [0.5, 0.6) is 5.75 Å². The first-order chi connectivity index (χ1) is 13.0. The number of hydrogen-bond acceptors (Lipinski definition) is 5. The van der Waals surface area contributed by atoms with Crippen LogP contribution >= 0.6 is 23.4 Å². The second-order valence-corrected chi connectivity index (χ2v) is 7.80. The molecule has 3 heterocycles. The van der Waals surface area contributed by atoms with Crippen LogP contribution in [-0.2, 0) is 4.79 Å². The smallest absolute Gasteiger partial charge is 0.329 e. The molecular weight excluding hydrogens is 386 g/mol. The van der Waals surface area contributed by atoms with E-state index in [4.69, 9.17) is 16.3 Å². The number of anilines is 1. The number of pyridine rings is 1. The molecule has 138 valence electrons. The van der Waals surface area contributed by atoms with Crippen molar-refractivity contribution < 1.29 is 14.3 Å². The highest BCUT2D eigenvalue weighted by Crippen LogP contribution is 2.45. The molecule has 1 aromatic heterocycles. The minimum atomic E-state index is -0.496. The van der Waals surface area contributed by atoms with Crippen LogP contribution in [0.2, 0.25) is 5.02 Å². The van der Waals surface area contributed by atoms with Gasteiger partial charge in [-0.2, -0.15) is 0 Å². The fourth-order valence-electron chi connectivity index (χ4n) is 3.26. The lowest BCUT2D eigenvalue weighted by atomic mass is 10.1. The molecule has 2 unspecified atom stereocenters. The van der Waals surface area contributed by atoms with Crippen molar-refractivity contribution in [3.63, 3.8) is 0 Å². The van der Waals surface area contributed by atoms with Gasteiger partial charge in [-0.3, -0.25) is 9.78 Å². The summed E-state index contributed by atoms with van der Waals surface area (Å²) in [6, 6.07) is 6.56. The molecule has 27 heavy (non-hydrogen) atoms. The maximum absolute atomic E-state index is 13.2. The Labute approximate surface area is 165 Å². The summed E-state index contributed by atoms with van der Waals surface area (Å²) in [4.78, 5) is 31.9. The fraction of sp³-hybridized carbons (Fsp3) is 0.211. The number of carbonyl (C=O) groups excluding carboxylic acids is 2. The van der Waals surface area contributed by atoms with Gasteiger partial charge in [0.15, 0.2) is 0 Å². The quantitative estimate of drug-likeness (QED) is 0.850. The van der Waals surface area contributed by atoms with E-state index >= 15 is 0 Å². The summed E-state index contributed by atoms with van der Waals surface area (Å²) < 4.78 is 5.39. The van der Waals surface area contributed by atoms with E-state index in [1.807, 2.05) is 31.2 Å². The minimum Gasteiger partial charge on any atom is -0.494 e. The number of aromatic nitrogens is 1. The molecule has 2 atom stereocenters. The van der Waals surface area contributed by atoms with Crippen LogP contribution < -0.4 is 15.0 Å². The molecule has 1 saturated heterocycles. The van der Waals surface area contributed by atoms with Gasteiger partial charge in [0.25, 0.3) is 5.91 Å². The van der Waals surface area contributed by atoms with E-state index in [0.717, 1.165) is 20.9 Å². The maximum atomic E-state index is 13.2. The lowest BCUT2D eigenvalue weighted by Crippen LogP contribution is -2.60. The van der Waals surface area contributed by atoms with Crippen molar-refractivity contribution in [3.8, 4) is 5.75 Å². The molecule has 2 aliphatic rings. The first-order valence-electron chi connectivity index (χ1n) is 8.27. The van der Waals surface area contributed by atoms with Gasteiger partial charge >= 0.3 is 6.03 Å². The molecule has 0 bridgehead atoms. The summed E-state index contributed by atoms with van der Waals surface area (Å²) in [6.07, 6.45) is 4.97. The first kappa shape index (κ1) is 17.9. The average Bonchev–Trinajstić information content (AvgIpc) is 3.06. The number of halogens is 1. The third kappa shape index (κ3) is 2.96. The highest BCUT2D eigenvalue weighted by Gasteiger charge is 2.46. The van der Waals surface area contributed by atoms with Crippen LogP contribution in [0.3, 0.4) is 0 Å². The predicted molar refractivity (Wildman–Crippen MR) is 106 cm³/mol. The van der Waals surface area contributed by atoms with Crippen LogP contribution in [0.25, 0.3) is 4.91 Å². The van der Waals surface area contributed by atoms with Gasteiger partial charge < -0.3 is 10.1 Å². The number of aryl methyl sites for hydroxylation is 1. The number of benzene rings is 1. The number of nitrogens with one attached hydrogen (secondary N) is 1. The summed E-state index contributed by atoms with van der Waals surface area (Å²) in [5.74, 6) is 0.145. The largest absolute Gasteiger partial charge is 0.494 e. The number of fused-ring (bicyclic) bond motifs is 1. The Hall–Kier alpha value is -2.51. The lowest BCUT2D eigenvalue weighted by molar-refractivity contribution is -0.118. The molecule has 8 heteroatoms. The normalized spacial score (nSPS) is 21.6. The Morgan fingerprint density at radius 2 is 2.04 bits per heavy atom. The zero-order valence-electron chi connectivity index (χ0n) is 14.6. The summed E-state index contributed by atoms with van der Waals surface area (Å²) in [6.45, 7) is 1.81. The molecule has 0 spiro atoms. The van der Waals surface area contributed by atoms with E-state index in [9.17, 15) is 9.59 Å². The van der Waals surface area contributed by atoms with Gasteiger partial charge in [0.2, 0.25) is 0 Å². The monoisotopic (exact) mass is 401 g/mol. The van der Waals surface area contributed by atoms with Crippen molar-refractivity contribution >= 4 is 45.9 Å². The summed E-state index contributed by atoms with van der Waals surface area (Å²) in [7, 11) is 1.50. The highest BCUT2D eigenvalue weighted by molar-refractivity contribution is 8.09. The highest BCUT2D eigenvalue weighted by atomic mass is 35.5. The molecule has 6 nitrogen and oxygen atoms in total. The van der Waals surface area contributed by atoms with Crippen LogP contribution in [0.1, 0.15) is 11.1 Å². The molecule has 3 amide bonds. The molecule has 0 aliphatic carbocycles. The Morgan fingerprint density at radius 1 is 1.26 bits per heavy atom. The molecular formula is C19H16ClN3O3S. The Balaban J connectivity index is 1.68. The Kier molecular flexibility index (Phi) is 4.57. The molecule has 1 aromatic carbocycles. The van der Waals surface area contributed by atoms with Crippen LogP contribution in [0, 0.1) is 6.92 Å². The Morgan fingerprint density at radius 3 is 2.78 bits per heavy atom. The van der Waals surface area contributed by atoms with E-state index in [1.54, 1.807) is 12.3 Å². The van der Waals surface area contributed by atoms with Crippen LogP contribution in [-0.4, -0.2) is 35.3 Å². The number of carbonyl (C=O) groups is 2. The maximum Gasteiger partial charge on any atom is 0.329 e. The van der Waals surface area contributed by atoms with Gasteiger partial charge in [0.05, 0.1) is 19.3 Å². The molecule has 4 rings (SSSR count). The predicted octanol–water partition coefficient (Wildman–Crippen LogP) is 3.63. The third-order valence-electron chi connectivity index (χ3n) is 4.51. The second kappa shape index (κ2) is 6.90. The summed E-state index contributed by atoms with van der Waals surface area (Å²) in [5.41, 5.74) is 1.93. The zero-order valence-corrected chi connectivity index (χ0v) is 16.2. The molecule has 0 saturated carbocycles. The number of rotatable bonds is 3. The number of amides is 3. The van der Waals surface area contributed by atoms with Crippen molar-refractivity contribution in [1.82, 2.24) is 10.3 Å². The third-order valence-corrected chi connectivity index (χ3v) is 6.20. The second-order valence-electron chi connectivity index (χ2n) is 6.21. The lowest BCUT2D eigenvalue weighted by Gasteiger charge is -2.33. The number of urea groups is 1. The molecule has 0 radical (unpaired) electrons. The van der Waals surface area contributed by atoms with Gasteiger partial charge in [-0.15, -0.1) is 11.8 Å².